The Balaban J connectivity index is 3.28. The Labute approximate surface area is 81.7 Å². The summed E-state index contributed by atoms with van der Waals surface area (Å²) in [7, 11) is 1.32. The van der Waals surface area contributed by atoms with E-state index in [2.05, 4.69) is 9.72 Å². The van der Waals surface area contributed by atoms with E-state index in [9.17, 15) is 4.79 Å². The molecule has 0 fully saturated rings. The van der Waals surface area contributed by atoms with Gasteiger partial charge in [0.1, 0.15) is 5.15 Å². The van der Waals surface area contributed by atoms with Gasteiger partial charge in [0.2, 0.25) is 0 Å². The van der Waals surface area contributed by atoms with E-state index >= 15 is 0 Å². The van der Waals surface area contributed by atoms with Crippen molar-refractivity contribution in [2.75, 3.05) is 7.11 Å². The Morgan fingerprint density at radius 3 is 2.62 bits per heavy atom. The molecule has 0 unspecified atom stereocenters. The third kappa shape index (κ3) is 1.98. The first-order chi connectivity index (χ1) is 6.06. The lowest BCUT2D eigenvalue weighted by Gasteiger charge is -2.05. The molecular weight excluding hydrogens is 190 g/mol. The Bertz CT molecular complexity index is 326. The Morgan fingerprint density at radius 2 is 2.15 bits per heavy atom. The number of carbonyl (C=O) groups is 1. The van der Waals surface area contributed by atoms with E-state index in [1.807, 2.05) is 6.92 Å². The number of methoxy groups -OCH3 is 1. The van der Waals surface area contributed by atoms with Crippen LogP contribution in [0.4, 0.5) is 0 Å². The normalized spacial score (nSPS) is 9.85. The van der Waals surface area contributed by atoms with Gasteiger partial charge in [-0.05, 0) is 25.5 Å². The number of aromatic nitrogens is 1. The first-order valence-electron chi connectivity index (χ1n) is 3.78. The van der Waals surface area contributed by atoms with E-state index in [-0.39, 0.29) is 5.15 Å². The van der Waals surface area contributed by atoms with Crippen LogP contribution in [-0.2, 0) is 4.74 Å². The zero-order chi connectivity index (χ0) is 10.0. The second kappa shape index (κ2) is 3.75. The van der Waals surface area contributed by atoms with Crippen molar-refractivity contribution in [1.29, 1.82) is 0 Å². The molecule has 0 amide bonds. The number of carbonyl (C=O) groups excluding carboxylic acids is 1. The summed E-state index contributed by atoms with van der Waals surface area (Å²) in [5.41, 5.74) is 1.91. The van der Waals surface area contributed by atoms with E-state index in [0.29, 0.717) is 5.56 Å². The summed E-state index contributed by atoms with van der Waals surface area (Å²) in [5.74, 6) is -0.449. The van der Waals surface area contributed by atoms with Crippen molar-refractivity contribution in [3.8, 4) is 0 Å². The fraction of sp³-hybridized carbons (Fsp3) is 0.333. The van der Waals surface area contributed by atoms with Crippen molar-refractivity contribution < 1.29 is 9.53 Å². The summed E-state index contributed by atoms with van der Waals surface area (Å²) < 4.78 is 4.57. The van der Waals surface area contributed by atoms with Crippen LogP contribution < -0.4 is 0 Å². The van der Waals surface area contributed by atoms with Crippen molar-refractivity contribution >= 4 is 17.6 Å². The van der Waals surface area contributed by atoms with Crippen molar-refractivity contribution in [1.82, 2.24) is 4.98 Å². The molecule has 0 atom stereocenters. The number of rotatable bonds is 1. The van der Waals surface area contributed by atoms with Crippen molar-refractivity contribution in [2.45, 2.75) is 13.8 Å². The Morgan fingerprint density at radius 1 is 1.54 bits per heavy atom. The van der Waals surface area contributed by atoms with Crippen LogP contribution >= 0.6 is 11.6 Å². The van der Waals surface area contributed by atoms with Gasteiger partial charge in [0.05, 0.1) is 12.7 Å². The molecule has 1 aromatic heterocycles. The van der Waals surface area contributed by atoms with Gasteiger partial charge in [0.25, 0.3) is 0 Å². The van der Waals surface area contributed by atoms with Crippen molar-refractivity contribution in [2.24, 2.45) is 0 Å². The van der Waals surface area contributed by atoms with Gasteiger partial charge >= 0.3 is 5.97 Å². The van der Waals surface area contributed by atoms with Gasteiger partial charge in [-0.15, -0.1) is 0 Å². The molecule has 0 aromatic carbocycles. The molecule has 3 nitrogen and oxygen atoms in total. The lowest BCUT2D eigenvalue weighted by Crippen LogP contribution is -2.06. The minimum Gasteiger partial charge on any atom is -0.465 e. The third-order valence-corrected chi connectivity index (χ3v) is 1.96. The SMILES string of the molecule is COC(=O)c1c(C)cc(C)nc1Cl. The molecule has 0 aliphatic carbocycles. The van der Waals surface area contributed by atoms with Gasteiger partial charge in [-0.3, -0.25) is 0 Å². The predicted molar refractivity (Wildman–Crippen MR) is 50.1 cm³/mol. The van der Waals surface area contributed by atoms with Crippen LogP contribution in [0.3, 0.4) is 0 Å². The first kappa shape index (κ1) is 9.99. The minimum atomic E-state index is -0.449. The highest BCUT2D eigenvalue weighted by Gasteiger charge is 2.15. The average Bonchev–Trinajstić information content (AvgIpc) is 2.02. The van der Waals surface area contributed by atoms with Crippen LogP contribution in [0.2, 0.25) is 5.15 Å². The minimum absolute atomic E-state index is 0.198. The standard InChI is InChI=1S/C9H10ClNO2/c1-5-4-6(2)11-8(10)7(5)9(12)13-3/h4H,1-3H3. The molecule has 0 radical (unpaired) electrons. The number of hydrogen-bond donors (Lipinski definition) is 0. The summed E-state index contributed by atoms with van der Waals surface area (Å²) >= 11 is 5.80. The van der Waals surface area contributed by atoms with Crippen LogP contribution in [0.1, 0.15) is 21.6 Å². The maximum Gasteiger partial charge on any atom is 0.341 e. The van der Waals surface area contributed by atoms with Gasteiger partial charge in [0, 0.05) is 5.69 Å². The molecule has 0 saturated heterocycles. The monoisotopic (exact) mass is 199 g/mol. The molecule has 1 aromatic rings. The molecule has 0 bridgehead atoms. The van der Waals surface area contributed by atoms with E-state index in [4.69, 9.17) is 11.6 Å². The summed E-state index contributed by atoms with van der Waals surface area (Å²) in [5, 5.41) is 0.198. The predicted octanol–water partition coefficient (Wildman–Crippen LogP) is 2.14. The highest BCUT2D eigenvalue weighted by atomic mass is 35.5. The largest absolute Gasteiger partial charge is 0.465 e. The summed E-state index contributed by atoms with van der Waals surface area (Å²) in [6.07, 6.45) is 0. The van der Waals surface area contributed by atoms with Gasteiger partial charge in [-0.25, -0.2) is 9.78 Å². The highest BCUT2D eigenvalue weighted by Crippen LogP contribution is 2.19. The molecule has 70 valence electrons. The van der Waals surface area contributed by atoms with Crippen LogP contribution in [0.15, 0.2) is 6.07 Å². The van der Waals surface area contributed by atoms with Gasteiger partial charge in [0.15, 0.2) is 0 Å². The van der Waals surface area contributed by atoms with Gasteiger partial charge in [-0.2, -0.15) is 0 Å². The molecule has 0 aliphatic rings. The van der Waals surface area contributed by atoms with Crippen LogP contribution in [-0.4, -0.2) is 18.1 Å². The van der Waals surface area contributed by atoms with E-state index < -0.39 is 5.97 Å². The first-order valence-corrected chi connectivity index (χ1v) is 4.16. The third-order valence-electron chi connectivity index (χ3n) is 1.69. The van der Waals surface area contributed by atoms with Crippen LogP contribution in [0.5, 0.6) is 0 Å². The number of ether oxygens (including phenoxy) is 1. The van der Waals surface area contributed by atoms with E-state index in [1.54, 1.807) is 13.0 Å². The topological polar surface area (TPSA) is 39.2 Å². The summed E-state index contributed by atoms with van der Waals surface area (Å²) in [6, 6.07) is 1.79. The molecule has 13 heavy (non-hydrogen) atoms. The van der Waals surface area contributed by atoms with Gasteiger partial charge in [-0.1, -0.05) is 11.6 Å². The van der Waals surface area contributed by atoms with Crippen molar-refractivity contribution in [3.63, 3.8) is 0 Å². The summed E-state index contributed by atoms with van der Waals surface area (Å²) in [6.45, 7) is 3.62. The van der Waals surface area contributed by atoms with Crippen LogP contribution in [0, 0.1) is 13.8 Å². The molecule has 0 aliphatic heterocycles. The zero-order valence-corrected chi connectivity index (χ0v) is 8.47. The van der Waals surface area contributed by atoms with Gasteiger partial charge < -0.3 is 4.74 Å². The maximum absolute atomic E-state index is 11.2. The average molecular weight is 200 g/mol. The number of pyridine rings is 1. The molecule has 1 rings (SSSR count). The number of esters is 1. The fourth-order valence-electron chi connectivity index (χ4n) is 1.14. The summed E-state index contributed by atoms with van der Waals surface area (Å²) in [4.78, 5) is 15.2. The van der Waals surface area contributed by atoms with E-state index in [0.717, 1.165) is 11.3 Å². The second-order valence-corrected chi connectivity index (χ2v) is 3.10. The quantitative estimate of drug-likeness (QED) is 0.514. The second-order valence-electron chi connectivity index (χ2n) is 2.74. The highest BCUT2D eigenvalue weighted by molar-refractivity contribution is 6.32. The lowest BCUT2D eigenvalue weighted by molar-refractivity contribution is 0.0599. The molecule has 0 saturated carbocycles. The molecule has 0 spiro atoms. The number of hydrogen-bond acceptors (Lipinski definition) is 3. The van der Waals surface area contributed by atoms with E-state index in [1.165, 1.54) is 7.11 Å². The maximum atomic E-state index is 11.2. The lowest BCUT2D eigenvalue weighted by atomic mass is 10.1. The smallest absolute Gasteiger partial charge is 0.341 e. The molecular formula is C9H10ClNO2. The molecule has 0 N–H and O–H groups in total. The molecule has 4 heteroatoms. The Hall–Kier alpha value is -1.09. The number of nitrogens with zero attached hydrogens (tertiary/aromatic N) is 1. The molecule has 1 heterocycles. The zero-order valence-electron chi connectivity index (χ0n) is 7.72. The Kier molecular flexibility index (Phi) is 2.88. The van der Waals surface area contributed by atoms with Crippen LogP contribution in [0.25, 0.3) is 0 Å². The van der Waals surface area contributed by atoms with Crippen molar-refractivity contribution in [3.05, 3.63) is 28.0 Å². The number of halogens is 1. The fourth-order valence-corrected chi connectivity index (χ4v) is 1.50. The number of aryl methyl sites for hydroxylation is 2.